The zero-order valence-electron chi connectivity index (χ0n) is 12.9. The minimum Gasteiger partial charge on any atom is -0.465 e. The predicted molar refractivity (Wildman–Crippen MR) is 80.6 cm³/mol. The first-order valence-electron chi connectivity index (χ1n) is 6.89. The molecule has 1 aromatic rings. The number of carbonyl (C=O) groups excluding carboxylic acids is 1. The molecule has 130 valence electrons. The summed E-state index contributed by atoms with van der Waals surface area (Å²) < 4.78 is 48.0. The number of carbonyl (C=O) groups is 1. The van der Waals surface area contributed by atoms with Crippen molar-refractivity contribution < 1.29 is 32.5 Å². The van der Waals surface area contributed by atoms with Crippen LogP contribution in [0.5, 0.6) is 0 Å². The number of aliphatic hydroxyl groups excluding tert-OH is 1. The average Bonchev–Trinajstić information content (AvgIpc) is 2.51. The zero-order valence-corrected chi connectivity index (χ0v) is 13.7. The molecule has 0 radical (unpaired) electrons. The summed E-state index contributed by atoms with van der Waals surface area (Å²) in [6.45, 7) is 0.536. The quantitative estimate of drug-likeness (QED) is 0.442. The summed E-state index contributed by atoms with van der Waals surface area (Å²) in [6, 6.07) is 3.27. The molecule has 4 nitrogen and oxygen atoms in total. The maximum Gasteiger partial charge on any atom is 0.417 e. The highest BCUT2D eigenvalue weighted by molar-refractivity contribution is 7.99. The Bertz CT molecular complexity index is 520. The second-order valence-electron chi connectivity index (χ2n) is 4.80. The lowest BCUT2D eigenvalue weighted by Crippen LogP contribution is -2.14. The number of methoxy groups -OCH3 is 2. The fourth-order valence-corrected chi connectivity index (χ4v) is 2.80. The molecule has 0 heterocycles. The van der Waals surface area contributed by atoms with Crippen LogP contribution in [0.2, 0.25) is 0 Å². The van der Waals surface area contributed by atoms with Crippen LogP contribution in [0.3, 0.4) is 0 Å². The monoisotopic (exact) mass is 352 g/mol. The highest BCUT2D eigenvalue weighted by atomic mass is 32.2. The number of esters is 1. The summed E-state index contributed by atoms with van der Waals surface area (Å²) in [6.07, 6.45) is -4.00. The van der Waals surface area contributed by atoms with Crippen LogP contribution in [0, 0.1) is 0 Å². The lowest BCUT2D eigenvalue weighted by atomic mass is 10.1. The van der Waals surface area contributed by atoms with E-state index in [0.29, 0.717) is 30.1 Å². The molecular formula is C15H19F3O4S. The molecule has 0 spiro atoms. The highest BCUT2D eigenvalue weighted by Crippen LogP contribution is 2.34. The predicted octanol–water partition coefficient (Wildman–Crippen LogP) is 3.37. The molecule has 1 unspecified atom stereocenters. The summed E-state index contributed by atoms with van der Waals surface area (Å²) in [5.74, 6) is -0.726. The van der Waals surface area contributed by atoms with Crippen molar-refractivity contribution in [1.29, 1.82) is 0 Å². The number of halogens is 3. The molecule has 0 fully saturated rings. The van der Waals surface area contributed by atoms with Gasteiger partial charge in [0.05, 0.1) is 24.3 Å². The Balaban J connectivity index is 2.79. The molecule has 1 N–H and O–H groups in total. The summed E-state index contributed by atoms with van der Waals surface area (Å²) in [5.41, 5.74) is -1.56. The second kappa shape index (κ2) is 9.14. The normalized spacial score (nSPS) is 13.0. The molecular weight excluding hydrogens is 333 g/mol. The van der Waals surface area contributed by atoms with E-state index in [9.17, 15) is 23.1 Å². The van der Waals surface area contributed by atoms with Crippen LogP contribution in [0.25, 0.3) is 0 Å². The Morgan fingerprint density at radius 3 is 2.61 bits per heavy atom. The number of benzene rings is 1. The van der Waals surface area contributed by atoms with E-state index < -0.39 is 29.4 Å². The Morgan fingerprint density at radius 1 is 1.35 bits per heavy atom. The maximum atomic E-state index is 12.9. The highest BCUT2D eigenvalue weighted by Gasteiger charge is 2.35. The van der Waals surface area contributed by atoms with Gasteiger partial charge in [0.25, 0.3) is 0 Å². The summed E-state index contributed by atoms with van der Waals surface area (Å²) >= 11 is 1.18. The molecule has 1 aromatic carbocycles. The summed E-state index contributed by atoms with van der Waals surface area (Å²) in [5, 5.41) is 9.80. The van der Waals surface area contributed by atoms with Gasteiger partial charge in [-0.25, -0.2) is 4.79 Å². The Labute approximate surface area is 137 Å². The van der Waals surface area contributed by atoms with Gasteiger partial charge in [-0.1, -0.05) is 0 Å². The third-order valence-corrected chi connectivity index (χ3v) is 4.17. The molecule has 0 bridgehead atoms. The first-order valence-corrected chi connectivity index (χ1v) is 7.87. The van der Waals surface area contributed by atoms with Crippen LogP contribution in [-0.2, 0) is 15.7 Å². The molecule has 23 heavy (non-hydrogen) atoms. The van der Waals surface area contributed by atoms with Crippen LogP contribution < -0.4 is 0 Å². The lowest BCUT2D eigenvalue weighted by Gasteiger charge is -2.14. The first kappa shape index (κ1) is 19.8. The van der Waals surface area contributed by atoms with E-state index in [-0.39, 0.29) is 0 Å². The van der Waals surface area contributed by atoms with Crippen LogP contribution in [0.1, 0.15) is 28.8 Å². The first-order chi connectivity index (χ1) is 10.8. The van der Waals surface area contributed by atoms with Crippen molar-refractivity contribution in [2.75, 3.05) is 26.6 Å². The van der Waals surface area contributed by atoms with Gasteiger partial charge in [0.2, 0.25) is 0 Å². The van der Waals surface area contributed by atoms with Gasteiger partial charge in [-0.15, -0.1) is 11.8 Å². The number of hydrogen-bond donors (Lipinski definition) is 1. The third-order valence-electron chi connectivity index (χ3n) is 3.03. The fourth-order valence-electron chi connectivity index (χ4n) is 1.88. The largest absolute Gasteiger partial charge is 0.465 e. The van der Waals surface area contributed by atoms with Gasteiger partial charge in [-0.2, -0.15) is 13.2 Å². The van der Waals surface area contributed by atoms with Crippen molar-refractivity contribution in [3.63, 3.8) is 0 Å². The molecule has 1 rings (SSSR count). The number of hydrogen-bond acceptors (Lipinski definition) is 5. The van der Waals surface area contributed by atoms with Crippen molar-refractivity contribution in [3.05, 3.63) is 29.3 Å². The average molecular weight is 352 g/mol. The number of aliphatic hydroxyl groups is 1. The number of rotatable bonds is 8. The minimum absolute atomic E-state index is 0.315. The van der Waals surface area contributed by atoms with Gasteiger partial charge in [-0.3, -0.25) is 0 Å². The molecule has 0 saturated heterocycles. The van der Waals surface area contributed by atoms with Crippen LogP contribution in [-0.4, -0.2) is 43.8 Å². The number of ether oxygens (including phenoxy) is 2. The van der Waals surface area contributed by atoms with Crippen molar-refractivity contribution in [3.8, 4) is 0 Å². The molecule has 1 atom stereocenters. The van der Waals surface area contributed by atoms with Crippen LogP contribution in [0.15, 0.2) is 23.1 Å². The van der Waals surface area contributed by atoms with E-state index in [1.807, 2.05) is 0 Å². The Kier molecular flexibility index (Phi) is 7.87. The molecule has 0 aliphatic rings. The SMILES string of the molecule is COCCCC(O)CSc1ccc(C(F)(F)F)c(C(=O)OC)c1. The smallest absolute Gasteiger partial charge is 0.417 e. The molecule has 8 heteroatoms. The van der Waals surface area contributed by atoms with Gasteiger partial charge < -0.3 is 14.6 Å². The van der Waals surface area contributed by atoms with Crippen molar-refractivity contribution in [1.82, 2.24) is 0 Å². The Hall–Kier alpha value is -1.25. The van der Waals surface area contributed by atoms with E-state index in [0.717, 1.165) is 19.2 Å². The van der Waals surface area contributed by atoms with Crippen LogP contribution >= 0.6 is 11.8 Å². The van der Waals surface area contributed by atoms with Crippen LogP contribution in [0.4, 0.5) is 13.2 Å². The summed E-state index contributed by atoms with van der Waals surface area (Å²) in [7, 11) is 2.60. The topological polar surface area (TPSA) is 55.8 Å². The van der Waals surface area contributed by atoms with Crippen molar-refractivity contribution >= 4 is 17.7 Å². The molecule has 0 saturated carbocycles. The van der Waals surface area contributed by atoms with E-state index >= 15 is 0 Å². The summed E-state index contributed by atoms with van der Waals surface area (Å²) in [4.78, 5) is 12.0. The maximum absolute atomic E-state index is 12.9. The number of thioether (sulfide) groups is 1. The van der Waals surface area contributed by atoms with Gasteiger partial charge in [0, 0.05) is 24.4 Å². The second-order valence-corrected chi connectivity index (χ2v) is 5.89. The number of alkyl halides is 3. The van der Waals surface area contributed by atoms with Gasteiger partial charge >= 0.3 is 12.1 Å². The van der Waals surface area contributed by atoms with E-state index in [4.69, 9.17) is 4.74 Å². The van der Waals surface area contributed by atoms with Gasteiger partial charge in [0.15, 0.2) is 0 Å². The zero-order chi connectivity index (χ0) is 17.5. The van der Waals surface area contributed by atoms with Gasteiger partial charge in [-0.05, 0) is 31.0 Å². The molecule has 0 aliphatic carbocycles. The Morgan fingerprint density at radius 2 is 2.04 bits per heavy atom. The van der Waals surface area contributed by atoms with Crippen molar-refractivity contribution in [2.45, 2.75) is 30.0 Å². The molecule has 0 aromatic heterocycles. The van der Waals surface area contributed by atoms with E-state index in [2.05, 4.69) is 4.74 Å². The standard InChI is InChI=1S/C15H19F3O4S/c1-21-7-3-4-10(19)9-23-11-5-6-13(15(16,17)18)12(8-11)14(20)22-2/h5-6,8,10,19H,3-4,7,9H2,1-2H3. The third kappa shape index (κ3) is 6.40. The lowest BCUT2D eigenvalue weighted by molar-refractivity contribution is -0.138. The molecule has 0 aliphatic heterocycles. The van der Waals surface area contributed by atoms with E-state index in [1.54, 1.807) is 7.11 Å². The van der Waals surface area contributed by atoms with Crippen molar-refractivity contribution in [2.24, 2.45) is 0 Å². The van der Waals surface area contributed by atoms with Gasteiger partial charge in [0.1, 0.15) is 0 Å². The minimum atomic E-state index is -4.63. The molecule has 0 amide bonds. The fraction of sp³-hybridized carbons (Fsp3) is 0.533. The van der Waals surface area contributed by atoms with E-state index in [1.165, 1.54) is 17.8 Å².